The van der Waals surface area contributed by atoms with Gasteiger partial charge < -0.3 is 19.4 Å². The topological polar surface area (TPSA) is 87.9 Å². The molecule has 0 bridgehead atoms. The SMILES string of the molecule is CCOC(=O)N1CCN(CCCNC(=O)c2sccc2-c2nc(-c3cc4ccccc4o3)cs2)CC1. The number of aromatic nitrogens is 1. The summed E-state index contributed by atoms with van der Waals surface area (Å²) in [4.78, 5) is 34.2. The van der Waals surface area contributed by atoms with Crippen molar-refractivity contribution in [3.63, 3.8) is 0 Å². The molecule has 1 aliphatic rings. The van der Waals surface area contributed by atoms with Gasteiger partial charge in [-0.05, 0) is 43.5 Å². The van der Waals surface area contributed by atoms with Crippen molar-refractivity contribution < 1.29 is 18.7 Å². The Morgan fingerprint density at radius 2 is 1.97 bits per heavy atom. The number of para-hydroxylation sites is 1. The zero-order valence-electron chi connectivity index (χ0n) is 20.1. The van der Waals surface area contributed by atoms with Crippen molar-refractivity contribution in [1.29, 1.82) is 0 Å². The largest absolute Gasteiger partial charge is 0.454 e. The molecule has 0 unspecified atom stereocenters. The number of thiazole rings is 1. The van der Waals surface area contributed by atoms with Crippen LogP contribution in [0.25, 0.3) is 33.0 Å². The standard InChI is InChI=1S/C26H28N4O4S2/c1-2-33-26(32)30-13-11-29(12-14-30)10-5-9-27-24(31)23-19(8-15-35-23)25-28-20(17-36-25)22-16-18-6-3-4-7-21(18)34-22/h3-4,6-8,15-17H,2,5,9-14H2,1H3,(H,27,31). The van der Waals surface area contributed by atoms with Gasteiger partial charge in [-0.25, -0.2) is 9.78 Å². The van der Waals surface area contributed by atoms with E-state index in [1.807, 2.05) is 54.1 Å². The first-order valence-corrected chi connectivity index (χ1v) is 13.8. The lowest BCUT2D eigenvalue weighted by molar-refractivity contribution is 0.0789. The molecule has 0 atom stereocenters. The maximum atomic E-state index is 12.9. The van der Waals surface area contributed by atoms with Crippen molar-refractivity contribution in [2.45, 2.75) is 13.3 Å². The molecule has 1 aromatic carbocycles. The van der Waals surface area contributed by atoms with Crippen molar-refractivity contribution in [2.75, 3.05) is 45.9 Å². The van der Waals surface area contributed by atoms with E-state index in [0.29, 0.717) is 31.1 Å². The second kappa shape index (κ2) is 11.2. The van der Waals surface area contributed by atoms with Crippen molar-refractivity contribution in [3.8, 4) is 22.0 Å². The number of benzene rings is 1. The first kappa shape index (κ1) is 24.5. The van der Waals surface area contributed by atoms with Gasteiger partial charge in [-0.1, -0.05) is 18.2 Å². The third kappa shape index (κ3) is 5.45. The summed E-state index contributed by atoms with van der Waals surface area (Å²) in [6, 6.07) is 11.8. The Balaban J connectivity index is 1.13. The molecule has 36 heavy (non-hydrogen) atoms. The smallest absolute Gasteiger partial charge is 0.409 e. The van der Waals surface area contributed by atoms with Gasteiger partial charge in [-0.15, -0.1) is 22.7 Å². The molecular weight excluding hydrogens is 496 g/mol. The monoisotopic (exact) mass is 524 g/mol. The molecule has 1 N–H and O–H groups in total. The van der Waals surface area contributed by atoms with Crippen molar-refractivity contribution in [1.82, 2.24) is 20.1 Å². The van der Waals surface area contributed by atoms with Crippen LogP contribution >= 0.6 is 22.7 Å². The Bertz CT molecular complexity index is 1300. The summed E-state index contributed by atoms with van der Waals surface area (Å²) in [5.74, 6) is 0.649. The summed E-state index contributed by atoms with van der Waals surface area (Å²) in [5, 5.41) is 8.79. The van der Waals surface area contributed by atoms with Crippen LogP contribution in [0.4, 0.5) is 4.79 Å². The number of nitrogens with zero attached hydrogens (tertiary/aromatic N) is 3. The molecule has 0 spiro atoms. The number of carbonyl (C=O) groups is 2. The van der Waals surface area contributed by atoms with Crippen molar-refractivity contribution in [3.05, 3.63) is 52.0 Å². The summed E-state index contributed by atoms with van der Waals surface area (Å²) in [6.07, 6.45) is 0.611. The fraction of sp³-hybridized carbons (Fsp3) is 0.346. The number of fused-ring (bicyclic) bond motifs is 1. The highest BCUT2D eigenvalue weighted by Gasteiger charge is 2.22. The van der Waals surface area contributed by atoms with Crippen molar-refractivity contribution >= 4 is 45.6 Å². The number of hydrogen-bond acceptors (Lipinski definition) is 8. The highest BCUT2D eigenvalue weighted by molar-refractivity contribution is 7.15. The molecule has 4 aromatic rings. The van der Waals surface area contributed by atoms with E-state index in [2.05, 4.69) is 10.2 Å². The quantitative estimate of drug-likeness (QED) is 0.320. The predicted molar refractivity (Wildman–Crippen MR) is 143 cm³/mol. The normalized spacial score (nSPS) is 14.3. The molecule has 1 saturated heterocycles. The molecule has 8 nitrogen and oxygen atoms in total. The average Bonchev–Trinajstić information content (AvgIpc) is 3.65. The maximum absolute atomic E-state index is 12.9. The molecule has 0 radical (unpaired) electrons. The minimum Gasteiger partial charge on any atom is -0.454 e. The summed E-state index contributed by atoms with van der Waals surface area (Å²) in [5.41, 5.74) is 2.45. The molecule has 1 fully saturated rings. The number of nitrogens with one attached hydrogen (secondary N) is 1. The highest BCUT2D eigenvalue weighted by Crippen LogP contribution is 2.35. The van der Waals surface area contributed by atoms with E-state index in [-0.39, 0.29) is 12.0 Å². The van der Waals surface area contributed by atoms with Gasteiger partial charge in [0, 0.05) is 49.1 Å². The van der Waals surface area contributed by atoms with Gasteiger partial charge in [-0.2, -0.15) is 0 Å². The van der Waals surface area contributed by atoms with Crippen LogP contribution in [-0.2, 0) is 4.74 Å². The van der Waals surface area contributed by atoms with E-state index in [4.69, 9.17) is 14.1 Å². The van der Waals surface area contributed by atoms with Gasteiger partial charge in [0.05, 0.1) is 6.61 Å². The molecule has 4 heterocycles. The number of piperazine rings is 1. The number of rotatable bonds is 8. The second-order valence-corrected chi connectivity index (χ2v) is 10.3. The first-order valence-electron chi connectivity index (χ1n) is 12.1. The van der Waals surface area contributed by atoms with E-state index >= 15 is 0 Å². The van der Waals surface area contributed by atoms with Crippen LogP contribution in [0.5, 0.6) is 0 Å². The Kier molecular flexibility index (Phi) is 7.64. The predicted octanol–water partition coefficient (Wildman–Crippen LogP) is 5.18. The number of hydrogen-bond donors (Lipinski definition) is 1. The number of ether oxygens (including phenoxy) is 1. The average molecular weight is 525 g/mol. The van der Waals surface area contributed by atoms with Gasteiger partial charge in [0.15, 0.2) is 5.76 Å². The maximum Gasteiger partial charge on any atom is 0.409 e. The van der Waals surface area contributed by atoms with Crippen LogP contribution in [-0.4, -0.2) is 72.7 Å². The lowest BCUT2D eigenvalue weighted by atomic mass is 10.2. The molecule has 10 heteroatoms. The fourth-order valence-electron chi connectivity index (χ4n) is 4.23. The second-order valence-electron chi connectivity index (χ2n) is 8.49. The zero-order valence-corrected chi connectivity index (χ0v) is 21.7. The zero-order chi connectivity index (χ0) is 24.9. The molecule has 2 amide bonds. The Morgan fingerprint density at radius 3 is 2.78 bits per heavy atom. The number of amides is 2. The summed E-state index contributed by atoms with van der Waals surface area (Å²) >= 11 is 2.93. The van der Waals surface area contributed by atoms with Gasteiger partial charge in [0.25, 0.3) is 5.91 Å². The lowest BCUT2D eigenvalue weighted by Crippen LogP contribution is -2.49. The number of thiophene rings is 1. The summed E-state index contributed by atoms with van der Waals surface area (Å²) < 4.78 is 11.0. The first-order chi connectivity index (χ1) is 17.6. The van der Waals surface area contributed by atoms with Gasteiger partial charge in [0.2, 0.25) is 0 Å². The minimum atomic E-state index is -0.235. The molecule has 1 aliphatic heterocycles. The Labute approximate surface area is 217 Å². The van der Waals surface area contributed by atoms with Gasteiger partial charge >= 0.3 is 6.09 Å². The summed E-state index contributed by atoms with van der Waals surface area (Å²) in [6.45, 7) is 6.67. The molecule has 5 rings (SSSR count). The number of carbonyl (C=O) groups excluding carboxylic acids is 2. The molecule has 0 saturated carbocycles. The van der Waals surface area contributed by atoms with E-state index in [0.717, 1.165) is 59.0 Å². The third-order valence-corrected chi connectivity index (χ3v) is 7.91. The molecule has 0 aliphatic carbocycles. The molecule has 3 aromatic heterocycles. The van der Waals surface area contributed by atoms with Crippen LogP contribution in [0.2, 0.25) is 0 Å². The van der Waals surface area contributed by atoms with E-state index in [1.165, 1.54) is 22.7 Å². The van der Waals surface area contributed by atoms with E-state index in [9.17, 15) is 9.59 Å². The number of furan rings is 1. The van der Waals surface area contributed by atoms with Crippen LogP contribution in [0.3, 0.4) is 0 Å². The lowest BCUT2D eigenvalue weighted by Gasteiger charge is -2.33. The minimum absolute atomic E-state index is 0.0763. The van der Waals surface area contributed by atoms with E-state index < -0.39 is 0 Å². The third-order valence-electron chi connectivity index (χ3n) is 6.12. The molecule has 188 valence electrons. The van der Waals surface area contributed by atoms with Crippen LogP contribution < -0.4 is 5.32 Å². The molecular formula is C26H28N4O4S2. The van der Waals surface area contributed by atoms with Crippen LogP contribution in [0.15, 0.2) is 51.6 Å². The summed E-state index contributed by atoms with van der Waals surface area (Å²) in [7, 11) is 0. The van der Waals surface area contributed by atoms with Gasteiger partial charge in [0.1, 0.15) is 21.2 Å². The van der Waals surface area contributed by atoms with Gasteiger partial charge in [-0.3, -0.25) is 9.69 Å². The highest BCUT2D eigenvalue weighted by atomic mass is 32.1. The van der Waals surface area contributed by atoms with Crippen molar-refractivity contribution in [2.24, 2.45) is 0 Å². The Morgan fingerprint density at radius 1 is 1.14 bits per heavy atom. The van der Waals surface area contributed by atoms with Crippen LogP contribution in [0, 0.1) is 0 Å². The Hall–Kier alpha value is -3.21. The van der Waals surface area contributed by atoms with Crippen LogP contribution in [0.1, 0.15) is 23.0 Å². The van der Waals surface area contributed by atoms with E-state index in [1.54, 1.807) is 4.90 Å². The fourth-order valence-corrected chi connectivity index (χ4v) is 5.94.